The van der Waals surface area contributed by atoms with E-state index in [9.17, 15) is 19.3 Å². The third-order valence-corrected chi connectivity index (χ3v) is 9.73. The number of aliphatic hydroxyl groups is 1. The van der Waals surface area contributed by atoms with Crippen LogP contribution in [0, 0.1) is 5.92 Å². The van der Waals surface area contributed by atoms with Crippen LogP contribution in [0.5, 0.6) is 0 Å². The zero-order chi connectivity index (χ0) is 40.0. The molecule has 10 heteroatoms. The van der Waals surface area contributed by atoms with Gasteiger partial charge in [0.05, 0.1) is 12.7 Å². The Balaban J connectivity index is 4.03. The van der Waals surface area contributed by atoms with Gasteiger partial charge in [-0.3, -0.25) is 14.1 Å². The van der Waals surface area contributed by atoms with Crippen LogP contribution in [-0.2, 0) is 28.2 Å². The fraction of sp³-hybridized carbons (Fsp3) is 0.727. The Labute approximate surface area is 329 Å². The Morgan fingerprint density at radius 2 is 1.11 bits per heavy atom. The van der Waals surface area contributed by atoms with Crippen molar-refractivity contribution in [2.75, 3.05) is 13.2 Å². The van der Waals surface area contributed by atoms with E-state index in [4.69, 9.17) is 19.3 Å². The van der Waals surface area contributed by atoms with Gasteiger partial charge in [0.25, 0.3) is 0 Å². The van der Waals surface area contributed by atoms with Crippen molar-refractivity contribution >= 4 is 19.8 Å². The molecule has 0 bridgehead atoms. The lowest BCUT2D eigenvalue weighted by molar-refractivity contribution is -0.161. The summed E-state index contributed by atoms with van der Waals surface area (Å²) in [5, 5.41) is 9.45. The number of hydrogen-bond acceptors (Lipinski definition) is 7. The predicted molar refractivity (Wildman–Crippen MR) is 222 cm³/mol. The molecule has 0 spiro atoms. The van der Waals surface area contributed by atoms with Gasteiger partial charge in [-0.15, -0.1) is 0 Å². The topological polar surface area (TPSA) is 140 Å². The van der Waals surface area contributed by atoms with E-state index in [0.717, 1.165) is 38.0 Å². The first-order valence-electron chi connectivity index (χ1n) is 21.1. The van der Waals surface area contributed by atoms with Crippen LogP contribution in [0.15, 0.2) is 60.8 Å². The van der Waals surface area contributed by atoms with Crippen LogP contribution in [0.3, 0.4) is 0 Å². The summed E-state index contributed by atoms with van der Waals surface area (Å²) in [6.45, 7) is 5.68. The number of phosphoric acid groups is 1. The standard InChI is InChI=1S/C44H77O9P/c1-4-40(3)34-30-26-22-18-14-10-6-8-12-16-20-24-28-32-36-43(46)51-38-42(39-52-54(48,49)50)53-44(47)37-33-29-25-21-17-13-9-7-11-15-19-23-27-31-35-41(45)5-2/h9,11,13,15,21,23,25,27,31,35,40-42,45H,4-8,10,12,14,16-20,22,24,26,28-30,32-34,36-39H2,1-3H3,(H2,48,49,50)/b13-9-,15-11-,25-21-,27-23-,35-31+/t40?,41-,42-/m1/s1. The van der Waals surface area contributed by atoms with Gasteiger partial charge in [0, 0.05) is 12.8 Å². The van der Waals surface area contributed by atoms with Crippen LogP contribution in [0.4, 0.5) is 0 Å². The number of ether oxygens (including phenoxy) is 2. The molecule has 0 aliphatic heterocycles. The molecular formula is C44H77O9P. The molecule has 0 aliphatic rings. The number of carbonyl (C=O) groups is 2. The largest absolute Gasteiger partial charge is 0.469 e. The van der Waals surface area contributed by atoms with Gasteiger partial charge >= 0.3 is 19.8 Å². The number of aliphatic hydroxyl groups excluding tert-OH is 1. The Bertz CT molecular complexity index is 1090. The van der Waals surface area contributed by atoms with E-state index >= 15 is 0 Å². The molecule has 0 aromatic heterocycles. The highest BCUT2D eigenvalue weighted by atomic mass is 31.2. The summed E-state index contributed by atoms with van der Waals surface area (Å²) in [7, 11) is -4.78. The predicted octanol–water partition coefficient (Wildman–Crippen LogP) is 11.7. The molecular weight excluding hydrogens is 703 g/mol. The van der Waals surface area contributed by atoms with E-state index < -0.39 is 32.5 Å². The molecule has 0 rings (SSSR count). The molecule has 0 amide bonds. The number of esters is 2. The minimum absolute atomic E-state index is 0.119. The van der Waals surface area contributed by atoms with Crippen molar-refractivity contribution in [1.82, 2.24) is 0 Å². The monoisotopic (exact) mass is 781 g/mol. The molecule has 0 saturated heterocycles. The quantitative estimate of drug-likeness (QED) is 0.0185. The van der Waals surface area contributed by atoms with Gasteiger partial charge < -0.3 is 24.4 Å². The van der Waals surface area contributed by atoms with E-state index in [0.29, 0.717) is 25.7 Å². The SMILES string of the molecule is CCC(C)CCCCCCCCCCCCCCCCC(=O)OC[C@H](COP(=O)(O)O)OC(=O)CCC/C=C\C/C=C\C/C=C\C/C=C\C=C\[C@H](O)CC. The summed E-state index contributed by atoms with van der Waals surface area (Å²) in [5.41, 5.74) is 0. The Morgan fingerprint density at radius 3 is 1.65 bits per heavy atom. The molecule has 0 radical (unpaired) electrons. The molecule has 0 aromatic rings. The van der Waals surface area contributed by atoms with Gasteiger partial charge in [-0.2, -0.15) is 0 Å². The van der Waals surface area contributed by atoms with Crippen molar-refractivity contribution in [2.24, 2.45) is 5.92 Å². The third-order valence-electron chi connectivity index (χ3n) is 9.25. The maximum atomic E-state index is 12.4. The highest BCUT2D eigenvalue weighted by Crippen LogP contribution is 2.36. The average molecular weight is 781 g/mol. The van der Waals surface area contributed by atoms with E-state index in [1.165, 1.54) is 83.5 Å². The van der Waals surface area contributed by atoms with Crippen molar-refractivity contribution in [3.05, 3.63) is 60.8 Å². The summed E-state index contributed by atoms with van der Waals surface area (Å²) >= 11 is 0. The molecule has 0 saturated carbocycles. The zero-order valence-corrected chi connectivity index (χ0v) is 35.0. The molecule has 0 aliphatic carbocycles. The molecule has 9 nitrogen and oxygen atoms in total. The van der Waals surface area contributed by atoms with Gasteiger partial charge in [-0.05, 0) is 50.9 Å². The molecule has 0 heterocycles. The van der Waals surface area contributed by atoms with Crippen molar-refractivity contribution in [2.45, 2.75) is 187 Å². The lowest BCUT2D eigenvalue weighted by Gasteiger charge is -2.18. The number of hydrogen-bond donors (Lipinski definition) is 3. The van der Waals surface area contributed by atoms with Gasteiger partial charge in [0.15, 0.2) is 6.10 Å². The minimum Gasteiger partial charge on any atom is -0.462 e. The van der Waals surface area contributed by atoms with Gasteiger partial charge in [0.2, 0.25) is 0 Å². The number of allylic oxidation sites excluding steroid dienone is 9. The summed E-state index contributed by atoms with van der Waals surface area (Å²) in [4.78, 5) is 42.8. The van der Waals surface area contributed by atoms with Gasteiger partial charge in [-0.25, -0.2) is 4.57 Å². The second kappa shape index (κ2) is 37.6. The highest BCUT2D eigenvalue weighted by Gasteiger charge is 2.22. The fourth-order valence-electron chi connectivity index (χ4n) is 5.57. The summed E-state index contributed by atoms with van der Waals surface area (Å²) < 4.78 is 26.3. The van der Waals surface area contributed by atoms with E-state index in [1.807, 2.05) is 37.3 Å². The van der Waals surface area contributed by atoms with E-state index in [2.05, 4.69) is 42.7 Å². The van der Waals surface area contributed by atoms with Crippen molar-refractivity contribution < 1.29 is 43.0 Å². The average Bonchev–Trinajstić information content (AvgIpc) is 3.14. The molecule has 3 atom stereocenters. The second-order valence-electron chi connectivity index (χ2n) is 14.4. The molecule has 0 fully saturated rings. The normalized spacial score (nSPS) is 14.3. The van der Waals surface area contributed by atoms with Crippen LogP contribution < -0.4 is 0 Å². The molecule has 3 N–H and O–H groups in total. The van der Waals surface area contributed by atoms with Gasteiger partial charge in [-0.1, -0.05) is 178 Å². The van der Waals surface area contributed by atoms with Crippen LogP contribution in [-0.4, -0.2) is 52.3 Å². The van der Waals surface area contributed by atoms with Crippen LogP contribution in [0.2, 0.25) is 0 Å². The smallest absolute Gasteiger partial charge is 0.462 e. The lowest BCUT2D eigenvalue weighted by atomic mass is 9.99. The lowest BCUT2D eigenvalue weighted by Crippen LogP contribution is -2.29. The highest BCUT2D eigenvalue weighted by molar-refractivity contribution is 7.46. The molecule has 1 unspecified atom stereocenters. The Morgan fingerprint density at radius 1 is 0.611 bits per heavy atom. The van der Waals surface area contributed by atoms with Crippen molar-refractivity contribution in [1.29, 1.82) is 0 Å². The summed E-state index contributed by atoms with van der Waals surface area (Å²) in [5.74, 6) is -0.0949. The molecule has 0 aromatic carbocycles. The first-order valence-corrected chi connectivity index (χ1v) is 22.6. The summed E-state index contributed by atoms with van der Waals surface area (Å²) in [6, 6.07) is 0. The first kappa shape index (κ1) is 51.7. The Kier molecular flexibility index (Phi) is 36.0. The summed E-state index contributed by atoms with van der Waals surface area (Å²) in [6.07, 6.45) is 43.2. The first-order chi connectivity index (χ1) is 26.1. The number of phosphoric ester groups is 1. The number of unbranched alkanes of at least 4 members (excludes halogenated alkanes) is 14. The third kappa shape index (κ3) is 39.4. The fourth-order valence-corrected chi connectivity index (χ4v) is 5.93. The van der Waals surface area contributed by atoms with Crippen molar-refractivity contribution in [3.63, 3.8) is 0 Å². The van der Waals surface area contributed by atoms with Crippen molar-refractivity contribution in [3.8, 4) is 0 Å². The van der Waals surface area contributed by atoms with E-state index in [-0.39, 0.29) is 25.6 Å². The van der Waals surface area contributed by atoms with Crippen LogP contribution >= 0.6 is 7.82 Å². The van der Waals surface area contributed by atoms with E-state index in [1.54, 1.807) is 6.08 Å². The van der Waals surface area contributed by atoms with Crippen LogP contribution in [0.25, 0.3) is 0 Å². The van der Waals surface area contributed by atoms with Gasteiger partial charge in [0.1, 0.15) is 6.61 Å². The minimum atomic E-state index is -4.78. The number of rotatable bonds is 37. The second-order valence-corrected chi connectivity index (χ2v) is 15.6. The molecule has 54 heavy (non-hydrogen) atoms. The van der Waals surface area contributed by atoms with Crippen LogP contribution in [0.1, 0.15) is 175 Å². The maximum Gasteiger partial charge on any atom is 0.469 e. The Hall–Kier alpha value is -2.29. The maximum absolute atomic E-state index is 12.4. The molecule has 312 valence electrons. The number of carbonyl (C=O) groups excluding carboxylic acids is 2. The zero-order valence-electron chi connectivity index (χ0n) is 34.1.